The molecule has 9 heavy (non-hydrogen) atoms. The van der Waals surface area contributed by atoms with Gasteiger partial charge in [-0.2, -0.15) is 0 Å². The predicted molar refractivity (Wildman–Crippen MR) is 34.1 cm³/mol. The Labute approximate surface area is 58.4 Å². The van der Waals surface area contributed by atoms with Crippen LogP contribution in [0.3, 0.4) is 0 Å². The van der Waals surface area contributed by atoms with Gasteiger partial charge in [-0.05, 0) is 5.53 Å². The highest BCUT2D eigenvalue weighted by Gasteiger charge is 2.11. The second-order valence-corrected chi connectivity index (χ2v) is 1.52. The lowest BCUT2D eigenvalue weighted by atomic mass is 10.4. The normalized spacial score (nSPS) is 24.2. The van der Waals surface area contributed by atoms with E-state index >= 15 is 0 Å². The monoisotopic (exact) mass is 150 g/mol. The molecule has 6 heteroatoms. The van der Waals surface area contributed by atoms with Gasteiger partial charge >= 0.3 is 0 Å². The van der Waals surface area contributed by atoms with Crippen LogP contribution in [-0.4, -0.2) is 19.2 Å². The van der Waals surface area contributed by atoms with Gasteiger partial charge in [0.25, 0.3) is 0 Å². The molecule has 0 aromatic rings. The molecule has 0 aliphatic carbocycles. The lowest BCUT2D eigenvalue weighted by molar-refractivity contribution is 0.101. The van der Waals surface area contributed by atoms with E-state index in [1.54, 1.807) is 0 Å². The van der Waals surface area contributed by atoms with Crippen LogP contribution >= 0.6 is 12.4 Å². The minimum Gasteiger partial charge on any atom is -0.301 e. The molecule has 5 nitrogen and oxygen atoms in total. The summed E-state index contributed by atoms with van der Waals surface area (Å²) in [6.45, 7) is 1.12. The average Bonchev–Trinajstić information content (AvgIpc) is 2.19. The Morgan fingerprint density at radius 2 is 2.56 bits per heavy atom. The van der Waals surface area contributed by atoms with E-state index in [2.05, 4.69) is 15.5 Å². The van der Waals surface area contributed by atoms with Crippen molar-refractivity contribution in [2.24, 2.45) is 5.11 Å². The maximum Gasteiger partial charge on any atom is 0.0780 e. The third-order valence-electron chi connectivity index (χ3n) is 0.912. The summed E-state index contributed by atoms with van der Waals surface area (Å²) < 4.78 is 0. The third-order valence-corrected chi connectivity index (χ3v) is 0.912. The SMILES string of the molecule is Cl.[N-]=[N+]=N[C@H]1CNOC1. The van der Waals surface area contributed by atoms with Crippen LogP contribution in [0.5, 0.6) is 0 Å². The molecule has 0 bridgehead atoms. The van der Waals surface area contributed by atoms with Crippen LogP contribution in [0.15, 0.2) is 5.11 Å². The van der Waals surface area contributed by atoms with Gasteiger partial charge in [-0.25, -0.2) is 5.48 Å². The van der Waals surface area contributed by atoms with E-state index in [9.17, 15) is 0 Å². The molecule has 1 fully saturated rings. The van der Waals surface area contributed by atoms with Gasteiger partial charge in [-0.15, -0.1) is 12.4 Å². The molecule has 0 aromatic carbocycles. The highest BCUT2D eigenvalue weighted by Crippen LogP contribution is 1.95. The van der Waals surface area contributed by atoms with E-state index in [-0.39, 0.29) is 18.4 Å². The molecule has 0 amide bonds. The molecule has 52 valence electrons. The number of azide groups is 1. The first kappa shape index (κ1) is 8.52. The van der Waals surface area contributed by atoms with Crippen LogP contribution in [-0.2, 0) is 4.84 Å². The number of rotatable bonds is 1. The van der Waals surface area contributed by atoms with Crippen molar-refractivity contribution in [1.82, 2.24) is 5.48 Å². The summed E-state index contributed by atoms with van der Waals surface area (Å²) in [5.41, 5.74) is 10.5. The molecule has 1 aliphatic heterocycles. The summed E-state index contributed by atoms with van der Waals surface area (Å²) in [7, 11) is 0. The lowest BCUT2D eigenvalue weighted by Crippen LogP contribution is -2.10. The van der Waals surface area contributed by atoms with Crippen molar-refractivity contribution in [2.45, 2.75) is 6.04 Å². The molecule has 0 unspecified atom stereocenters. The van der Waals surface area contributed by atoms with Crippen molar-refractivity contribution in [1.29, 1.82) is 0 Å². The largest absolute Gasteiger partial charge is 0.301 e. The zero-order chi connectivity index (χ0) is 5.82. The molecule has 0 spiro atoms. The Kier molecular flexibility index (Phi) is 4.17. The topological polar surface area (TPSA) is 70.0 Å². The standard InChI is InChI=1S/C3H6N4O.ClH/c4-7-6-3-1-5-8-2-3;/h3,5H,1-2H2;1H/t3-;/m0./s1. The number of hydroxylamine groups is 1. The molecular weight excluding hydrogens is 144 g/mol. The van der Waals surface area contributed by atoms with Gasteiger partial charge < -0.3 is 4.84 Å². The fourth-order valence-corrected chi connectivity index (χ4v) is 0.516. The van der Waals surface area contributed by atoms with Gasteiger partial charge in [0.1, 0.15) is 0 Å². The lowest BCUT2D eigenvalue weighted by Gasteiger charge is -1.88. The second-order valence-electron chi connectivity index (χ2n) is 1.52. The first-order valence-corrected chi connectivity index (χ1v) is 2.32. The Hall–Kier alpha value is -0.480. The summed E-state index contributed by atoms with van der Waals surface area (Å²) in [4.78, 5) is 7.32. The Morgan fingerprint density at radius 3 is 3.00 bits per heavy atom. The van der Waals surface area contributed by atoms with Crippen LogP contribution in [0.25, 0.3) is 10.4 Å². The second kappa shape index (κ2) is 4.40. The first-order chi connectivity index (χ1) is 3.93. The number of nitrogens with one attached hydrogen (secondary N) is 1. The zero-order valence-corrected chi connectivity index (χ0v) is 5.47. The Bertz CT molecular complexity index is 117. The molecule has 0 radical (unpaired) electrons. The van der Waals surface area contributed by atoms with E-state index in [1.807, 2.05) is 0 Å². The number of nitrogens with zero attached hydrogens (tertiary/aromatic N) is 3. The molecule has 0 aromatic heterocycles. The maximum absolute atomic E-state index is 7.90. The van der Waals surface area contributed by atoms with Crippen molar-refractivity contribution in [3.05, 3.63) is 10.4 Å². The van der Waals surface area contributed by atoms with Crippen molar-refractivity contribution >= 4 is 12.4 Å². The minimum atomic E-state index is -0.0139. The highest BCUT2D eigenvalue weighted by atomic mass is 35.5. The number of hydrogen-bond acceptors (Lipinski definition) is 3. The highest BCUT2D eigenvalue weighted by molar-refractivity contribution is 5.85. The Balaban J connectivity index is 0.000000640. The zero-order valence-electron chi connectivity index (χ0n) is 4.65. The number of hydrogen-bond donors (Lipinski definition) is 1. The first-order valence-electron chi connectivity index (χ1n) is 2.32. The number of halogens is 1. The van der Waals surface area contributed by atoms with Crippen molar-refractivity contribution < 1.29 is 4.84 Å². The predicted octanol–water partition coefficient (Wildman–Crippen LogP) is 0.622. The summed E-state index contributed by atoms with van der Waals surface area (Å²) >= 11 is 0. The van der Waals surface area contributed by atoms with Gasteiger partial charge in [-0.1, -0.05) is 5.11 Å². The van der Waals surface area contributed by atoms with E-state index < -0.39 is 0 Å². The fraction of sp³-hybridized carbons (Fsp3) is 1.00. The van der Waals surface area contributed by atoms with E-state index in [0.29, 0.717) is 13.2 Å². The van der Waals surface area contributed by atoms with Gasteiger partial charge in [0, 0.05) is 11.5 Å². The average molecular weight is 151 g/mol. The van der Waals surface area contributed by atoms with Crippen LogP contribution in [0.1, 0.15) is 0 Å². The van der Waals surface area contributed by atoms with Crippen molar-refractivity contribution in [3.8, 4) is 0 Å². The molecule has 1 rings (SSSR count). The Morgan fingerprint density at radius 1 is 1.78 bits per heavy atom. The van der Waals surface area contributed by atoms with E-state index in [1.165, 1.54) is 0 Å². The quantitative estimate of drug-likeness (QED) is 0.338. The molecular formula is C3H7ClN4O. The van der Waals surface area contributed by atoms with Crippen LogP contribution in [0, 0.1) is 0 Å². The van der Waals surface area contributed by atoms with E-state index in [0.717, 1.165) is 0 Å². The van der Waals surface area contributed by atoms with Gasteiger partial charge in [-0.3, -0.25) is 0 Å². The molecule has 1 heterocycles. The van der Waals surface area contributed by atoms with Crippen LogP contribution in [0.4, 0.5) is 0 Å². The summed E-state index contributed by atoms with van der Waals surface area (Å²) in [5.74, 6) is 0. The molecule has 1 saturated heterocycles. The molecule has 1 N–H and O–H groups in total. The third kappa shape index (κ3) is 2.53. The molecule has 0 saturated carbocycles. The minimum absolute atomic E-state index is 0. The van der Waals surface area contributed by atoms with Crippen molar-refractivity contribution in [3.63, 3.8) is 0 Å². The smallest absolute Gasteiger partial charge is 0.0780 e. The van der Waals surface area contributed by atoms with E-state index in [4.69, 9.17) is 10.4 Å². The van der Waals surface area contributed by atoms with Gasteiger partial charge in [0.2, 0.25) is 0 Å². The molecule has 1 aliphatic rings. The molecule has 1 atom stereocenters. The fourth-order valence-electron chi connectivity index (χ4n) is 0.516. The summed E-state index contributed by atoms with van der Waals surface area (Å²) in [6, 6.07) is -0.0139. The van der Waals surface area contributed by atoms with Crippen molar-refractivity contribution in [2.75, 3.05) is 13.2 Å². The van der Waals surface area contributed by atoms with Crippen LogP contribution in [0.2, 0.25) is 0 Å². The maximum atomic E-state index is 7.90. The summed E-state index contributed by atoms with van der Waals surface area (Å²) in [5, 5.41) is 3.42. The van der Waals surface area contributed by atoms with Gasteiger partial charge in [0.15, 0.2) is 0 Å². The summed E-state index contributed by atoms with van der Waals surface area (Å²) in [6.07, 6.45) is 0. The van der Waals surface area contributed by atoms with Crippen LogP contribution < -0.4 is 5.48 Å². The van der Waals surface area contributed by atoms with Gasteiger partial charge in [0.05, 0.1) is 12.6 Å².